The van der Waals surface area contributed by atoms with Crippen LogP contribution in [0.1, 0.15) is 44.6 Å². The van der Waals surface area contributed by atoms with E-state index < -0.39 is 0 Å². The Hall–Kier alpha value is -2.10. The molecule has 0 radical (unpaired) electrons. The van der Waals surface area contributed by atoms with Gasteiger partial charge in [0.1, 0.15) is 5.75 Å². The Kier molecular flexibility index (Phi) is 4.56. The zero-order chi connectivity index (χ0) is 15.4. The second-order valence-corrected chi connectivity index (χ2v) is 5.71. The lowest BCUT2D eigenvalue weighted by Crippen LogP contribution is -2.19. The van der Waals surface area contributed by atoms with E-state index in [0.717, 1.165) is 24.2 Å². The number of ether oxygens (including phenoxy) is 2. The molecule has 0 unspecified atom stereocenters. The first-order chi connectivity index (χ1) is 10.8. The van der Waals surface area contributed by atoms with E-state index >= 15 is 0 Å². The number of nitrogens with zero attached hydrogens (tertiary/aromatic N) is 1. The Morgan fingerprint density at radius 3 is 2.64 bits per heavy atom. The van der Waals surface area contributed by atoms with E-state index in [1.54, 1.807) is 6.08 Å². The summed E-state index contributed by atoms with van der Waals surface area (Å²) in [6, 6.07) is 7.61. The summed E-state index contributed by atoms with van der Waals surface area (Å²) in [5.74, 6) is 1.41. The average Bonchev–Trinajstić information content (AvgIpc) is 2.91. The zero-order valence-corrected chi connectivity index (χ0v) is 12.9. The largest absolute Gasteiger partial charge is 0.494 e. The predicted octanol–water partition coefficient (Wildman–Crippen LogP) is 3.96. The van der Waals surface area contributed by atoms with Gasteiger partial charge in [-0.05, 0) is 43.5 Å². The maximum Gasteiger partial charge on any atom is 0.363 e. The van der Waals surface area contributed by atoms with Gasteiger partial charge in [-0.15, -0.1) is 0 Å². The van der Waals surface area contributed by atoms with Gasteiger partial charge in [-0.25, -0.2) is 9.79 Å². The quantitative estimate of drug-likeness (QED) is 0.624. The molecule has 0 amide bonds. The number of cyclic esters (lactones) is 1. The third kappa shape index (κ3) is 3.38. The normalized spacial score (nSPS) is 20.9. The van der Waals surface area contributed by atoms with Gasteiger partial charge in [0.05, 0.1) is 6.61 Å². The number of esters is 1. The van der Waals surface area contributed by atoms with Gasteiger partial charge in [0, 0.05) is 5.92 Å². The summed E-state index contributed by atoms with van der Waals surface area (Å²) in [5.41, 5.74) is 1.31. The molecule has 0 N–H and O–H groups in total. The molecular weight excluding hydrogens is 278 g/mol. The maximum atomic E-state index is 12.0. The third-order valence-electron chi connectivity index (χ3n) is 4.09. The average molecular weight is 299 g/mol. The van der Waals surface area contributed by atoms with Crippen molar-refractivity contribution in [2.75, 3.05) is 6.61 Å². The summed E-state index contributed by atoms with van der Waals surface area (Å²) in [6.07, 6.45) is 7.57. The number of benzene rings is 1. The maximum absolute atomic E-state index is 12.0. The minimum atomic E-state index is -0.338. The Morgan fingerprint density at radius 2 is 1.95 bits per heavy atom. The monoisotopic (exact) mass is 299 g/mol. The van der Waals surface area contributed by atoms with Crippen LogP contribution in [0.15, 0.2) is 35.0 Å². The highest BCUT2D eigenvalue weighted by Gasteiger charge is 2.29. The van der Waals surface area contributed by atoms with Gasteiger partial charge in [-0.1, -0.05) is 31.4 Å². The highest BCUT2D eigenvalue weighted by molar-refractivity contribution is 6.07. The minimum absolute atomic E-state index is 0.309. The van der Waals surface area contributed by atoms with E-state index in [1.807, 2.05) is 31.2 Å². The van der Waals surface area contributed by atoms with Crippen molar-refractivity contribution in [1.82, 2.24) is 0 Å². The molecule has 1 aliphatic carbocycles. The van der Waals surface area contributed by atoms with Crippen LogP contribution in [0.5, 0.6) is 5.75 Å². The Labute approximate surface area is 130 Å². The lowest BCUT2D eigenvalue weighted by Gasteiger charge is -2.19. The lowest BCUT2D eigenvalue weighted by molar-refractivity contribution is -0.130. The van der Waals surface area contributed by atoms with Crippen LogP contribution in [0.4, 0.5) is 0 Å². The van der Waals surface area contributed by atoms with Crippen molar-refractivity contribution in [3.05, 3.63) is 35.5 Å². The van der Waals surface area contributed by atoms with Crippen molar-refractivity contribution in [2.24, 2.45) is 10.9 Å². The first kappa shape index (κ1) is 14.8. The topological polar surface area (TPSA) is 47.9 Å². The van der Waals surface area contributed by atoms with Crippen molar-refractivity contribution < 1.29 is 14.3 Å². The molecule has 2 aliphatic rings. The molecule has 0 bridgehead atoms. The molecule has 1 aromatic rings. The van der Waals surface area contributed by atoms with E-state index in [2.05, 4.69) is 4.99 Å². The van der Waals surface area contributed by atoms with Crippen LogP contribution in [-0.4, -0.2) is 18.5 Å². The van der Waals surface area contributed by atoms with E-state index in [4.69, 9.17) is 9.47 Å². The molecule has 1 aromatic carbocycles. The van der Waals surface area contributed by atoms with Crippen LogP contribution in [0.2, 0.25) is 0 Å². The summed E-state index contributed by atoms with van der Waals surface area (Å²) >= 11 is 0. The molecule has 22 heavy (non-hydrogen) atoms. The molecule has 0 spiro atoms. The van der Waals surface area contributed by atoms with Crippen molar-refractivity contribution in [2.45, 2.75) is 39.0 Å². The molecule has 3 rings (SSSR count). The summed E-state index contributed by atoms with van der Waals surface area (Å²) in [4.78, 5) is 16.4. The number of aliphatic imine (C=N–C) groups is 1. The van der Waals surface area contributed by atoms with Crippen molar-refractivity contribution >= 4 is 17.9 Å². The fourth-order valence-electron chi connectivity index (χ4n) is 2.93. The standard InChI is InChI=1S/C18H21NO3/c1-2-21-15-10-8-13(9-11-15)12-16-18(20)22-17(19-16)14-6-4-3-5-7-14/h8-12,14H,2-7H2,1H3. The van der Waals surface area contributed by atoms with Crippen LogP contribution < -0.4 is 4.74 Å². The van der Waals surface area contributed by atoms with Crippen LogP contribution in [0, 0.1) is 5.92 Å². The Morgan fingerprint density at radius 1 is 1.23 bits per heavy atom. The van der Waals surface area contributed by atoms with Crippen LogP contribution in [-0.2, 0) is 9.53 Å². The van der Waals surface area contributed by atoms with E-state index in [9.17, 15) is 4.79 Å². The van der Waals surface area contributed by atoms with Gasteiger partial charge >= 0.3 is 5.97 Å². The number of carbonyl (C=O) groups excluding carboxylic acids is 1. The molecule has 1 aliphatic heterocycles. The van der Waals surface area contributed by atoms with Gasteiger partial charge in [0.25, 0.3) is 0 Å². The molecule has 116 valence electrons. The molecule has 1 fully saturated rings. The molecular formula is C18H21NO3. The second kappa shape index (κ2) is 6.77. The van der Waals surface area contributed by atoms with Gasteiger partial charge in [0.15, 0.2) is 5.70 Å². The van der Waals surface area contributed by atoms with E-state index in [-0.39, 0.29) is 5.97 Å². The van der Waals surface area contributed by atoms with E-state index in [0.29, 0.717) is 24.1 Å². The van der Waals surface area contributed by atoms with Crippen LogP contribution >= 0.6 is 0 Å². The highest BCUT2D eigenvalue weighted by atomic mass is 16.6. The fraction of sp³-hybridized carbons (Fsp3) is 0.444. The Balaban J connectivity index is 1.75. The van der Waals surface area contributed by atoms with Crippen molar-refractivity contribution in [3.8, 4) is 5.75 Å². The second-order valence-electron chi connectivity index (χ2n) is 5.71. The fourth-order valence-corrected chi connectivity index (χ4v) is 2.93. The van der Waals surface area contributed by atoms with Crippen molar-refractivity contribution in [3.63, 3.8) is 0 Å². The molecule has 4 heteroatoms. The molecule has 0 atom stereocenters. The molecule has 0 aromatic heterocycles. The number of carbonyl (C=O) groups is 1. The van der Waals surface area contributed by atoms with Crippen LogP contribution in [0.25, 0.3) is 6.08 Å². The summed E-state index contributed by atoms with van der Waals surface area (Å²) in [7, 11) is 0. The molecule has 1 heterocycles. The van der Waals surface area contributed by atoms with Crippen molar-refractivity contribution in [1.29, 1.82) is 0 Å². The SMILES string of the molecule is CCOc1ccc(C=C2N=C(C3CCCCC3)OC2=O)cc1. The Bertz CT molecular complexity index is 595. The predicted molar refractivity (Wildman–Crippen MR) is 85.7 cm³/mol. The summed E-state index contributed by atoms with van der Waals surface area (Å²) in [6.45, 7) is 2.59. The van der Waals surface area contributed by atoms with Gasteiger partial charge in [0.2, 0.25) is 5.90 Å². The van der Waals surface area contributed by atoms with Crippen LogP contribution in [0.3, 0.4) is 0 Å². The number of hydrogen-bond acceptors (Lipinski definition) is 4. The van der Waals surface area contributed by atoms with Gasteiger partial charge in [-0.3, -0.25) is 0 Å². The zero-order valence-electron chi connectivity index (χ0n) is 12.9. The molecule has 0 saturated heterocycles. The summed E-state index contributed by atoms with van der Waals surface area (Å²) in [5, 5.41) is 0. The lowest BCUT2D eigenvalue weighted by atomic mass is 9.89. The smallest absolute Gasteiger partial charge is 0.363 e. The first-order valence-electron chi connectivity index (χ1n) is 8.01. The number of hydrogen-bond donors (Lipinski definition) is 0. The van der Waals surface area contributed by atoms with E-state index in [1.165, 1.54) is 19.3 Å². The number of rotatable bonds is 4. The molecule has 1 saturated carbocycles. The summed E-state index contributed by atoms with van der Waals surface area (Å²) < 4.78 is 10.8. The van der Waals surface area contributed by atoms with Gasteiger partial charge in [-0.2, -0.15) is 0 Å². The third-order valence-corrected chi connectivity index (χ3v) is 4.09. The highest BCUT2D eigenvalue weighted by Crippen LogP contribution is 2.29. The first-order valence-corrected chi connectivity index (χ1v) is 8.01. The minimum Gasteiger partial charge on any atom is -0.494 e. The molecule has 4 nitrogen and oxygen atoms in total. The van der Waals surface area contributed by atoms with Gasteiger partial charge < -0.3 is 9.47 Å².